The van der Waals surface area contributed by atoms with Crippen molar-refractivity contribution in [2.45, 2.75) is 41.0 Å². The minimum Gasteiger partial charge on any atom is -0.496 e. The summed E-state index contributed by atoms with van der Waals surface area (Å²) < 4.78 is 11.6. The van der Waals surface area contributed by atoms with Gasteiger partial charge in [-0.1, -0.05) is 23.8 Å². The highest BCUT2D eigenvalue weighted by Crippen LogP contribution is 2.44. The SMILES string of the molecule is COc1c(C)c(-c2ccc(NCC=C(C)C)cc2)c(OC)c(C)c1/C=C(\C)C(=O)NCCC(=O)O. The van der Waals surface area contributed by atoms with Gasteiger partial charge in [0.15, 0.2) is 0 Å². The first-order valence-corrected chi connectivity index (χ1v) is 11.5. The number of methoxy groups -OCH3 is 2. The van der Waals surface area contributed by atoms with Gasteiger partial charge in [0.2, 0.25) is 5.91 Å². The molecule has 0 saturated carbocycles. The Morgan fingerprint density at radius 1 is 0.971 bits per heavy atom. The topological polar surface area (TPSA) is 96.9 Å². The van der Waals surface area contributed by atoms with Gasteiger partial charge in [-0.15, -0.1) is 0 Å². The monoisotopic (exact) mass is 480 g/mol. The van der Waals surface area contributed by atoms with Gasteiger partial charge < -0.3 is 25.2 Å². The minimum atomic E-state index is -0.961. The average molecular weight is 481 g/mol. The lowest BCUT2D eigenvalue weighted by Crippen LogP contribution is -2.26. The van der Waals surface area contributed by atoms with Crippen LogP contribution in [0.2, 0.25) is 0 Å². The third kappa shape index (κ3) is 7.12. The number of rotatable bonds is 11. The van der Waals surface area contributed by atoms with Crippen molar-refractivity contribution >= 4 is 23.6 Å². The van der Waals surface area contributed by atoms with E-state index in [1.165, 1.54) is 5.57 Å². The first-order valence-electron chi connectivity index (χ1n) is 11.5. The van der Waals surface area contributed by atoms with Gasteiger partial charge in [-0.3, -0.25) is 9.59 Å². The number of hydrogen-bond acceptors (Lipinski definition) is 5. The molecule has 0 atom stereocenters. The second-order valence-electron chi connectivity index (χ2n) is 8.57. The predicted octanol–water partition coefficient (Wildman–Crippen LogP) is 5.36. The highest BCUT2D eigenvalue weighted by atomic mass is 16.5. The van der Waals surface area contributed by atoms with E-state index < -0.39 is 5.97 Å². The van der Waals surface area contributed by atoms with Crippen molar-refractivity contribution in [3.8, 4) is 22.6 Å². The quantitative estimate of drug-likeness (QED) is 0.296. The van der Waals surface area contributed by atoms with Crippen LogP contribution in [0.1, 0.15) is 43.9 Å². The molecule has 0 radical (unpaired) electrons. The summed E-state index contributed by atoms with van der Waals surface area (Å²) in [5.74, 6) is 0.0716. The van der Waals surface area contributed by atoms with Crippen LogP contribution >= 0.6 is 0 Å². The highest BCUT2D eigenvalue weighted by Gasteiger charge is 2.22. The zero-order valence-electron chi connectivity index (χ0n) is 21.7. The highest BCUT2D eigenvalue weighted by molar-refractivity contribution is 5.98. The van der Waals surface area contributed by atoms with Crippen molar-refractivity contribution in [1.29, 1.82) is 0 Å². The number of anilines is 1. The summed E-state index contributed by atoms with van der Waals surface area (Å²) in [5.41, 5.74) is 7.13. The van der Waals surface area contributed by atoms with Crippen LogP contribution < -0.4 is 20.1 Å². The number of carboxylic acid groups (broad SMARTS) is 1. The molecule has 3 N–H and O–H groups in total. The molecular formula is C28H36N2O5. The van der Waals surface area contributed by atoms with E-state index in [0.717, 1.165) is 40.0 Å². The Bertz CT molecular complexity index is 1130. The largest absolute Gasteiger partial charge is 0.496 e. The molecule has 0 fully saturated rings. The molecule has 2 aromatic rings. The van der Waals surface area contributed by atoms with Crippen LogP contribution in [0.15, 0.2) is 41.5 Å². The van der Waals surface area contributed by atoms with E-state index in [1.807, 2.05) is 38.1 Å². The Morgan fingerprint density at radius 3 is 2.14 bits per heavy atom. The first kappa shape index (κ1) is 27.5. The maximum atomic E-state index is 12.5. The van der Waals surface area contributed by atoms with Crippen molar-refractivity contribution < 1.29 is 24.2 Å². The van der Waals surface area contributed by atoms with Gasteiger partial charge in [-0.25, -0.2) is 0 Å². The van der Waals surface area contributed by atoms with Gasteiger partial charge in [0.05, 0.1) is 20.6 Å². The molecule has 1 amide bonds. The third-order valence-electron chi connectivity index (χ3n) is 5.67. The fraction of sp³-hybridized carbons (Fsp3) is 0.357. The zero-order valence-corrected chi connectivity index (χ0v) is 21.7. The van der Waals surface area contributed by atoms with Gasteiger partial charge in [-0.2, -0.15) is 0 Å². The maximum absolute atomic E-state index is 12.5. The van der Waals surface area contributed by atoms with E-state index in [4.69, 9.17) is 14.6 Å². The van der Waals surface area contributed by atoms with E-state index in [1.54, 1.807) is 27.2 Å². The van der Waals surface area contributed by atoms with Gasteiger partial charge in [0.25, 0.3) is 0 Å². The van der Waals surface area contributed by atoms with Crippen molar-refractivity contribution in [2.24, 2.45) is 0 Å². The number of amides is 1. The molecule has 2 rings (SSSR count). The third-order valence-corrected chi connectivity index (χ3v) is 5.67. The molecule has 0 heterocycles. The van der Waals surface area contributed by atoms with Crippen LogP contribution in [0.25, 0.3) is 17.2 Å². The maximum Gasteiger partial charge on any atom is 0.305 e. The number of benzene rings is 2. The predicted molar refractivity (Wildman–Crippen MR) is 141 cm³/mol. The van der Waals surface area contributed by atoms with Gasteiger partial charge >= 0.3 is 5.97 Å². The number of carbonyl (C=O) groups excluding carboxylic acids is 1. The number of hydrogen-bond donors (Lipinski definition) is 3. The standard InChI is InChI=1S/C28H36N2O5/c1-17(2)12-14-29-22-10-8-21(9-11-22)25-20(5)26(34-6)23(19(4)27(25)35-7)16-18(3)28(33)30-15-13-24(31)32/h8-12,16,29H,13-15H2,1-7H3,(H,30,33)(H,31,32)/b18-16+. The van der Waals surface area contributed by atoms with E-state index in [2.05, 4.69) is 30.6 Å². The van der Waals surface area contributed by atoms with Gasteiger partial charge in [0.1, 0.15) is 11.5 Å². The van der Waals surface area contributed by atoms with E-state index >= 15 is 0 Å². The molecule has 7 heteroatoms. The summed E-state index contributed by atoms with van der Waals surface area (Å²) in [6.07, 6.45) is 3.75. The van der Waals surface area contributed by atoms with Crippen LogP contribution in [-0.4, -0.2) is 44.3 Å². The molecule has 0 aliphatic heterocycles. The number of carboxylic acids is 1. The van der Waals surface area contributed by atoms with Gasteiger partial charge in [-0.05, 0) is 58.4 Å². The average Bonchev–Trinajstić information content (AvgIpc) is 2.81. The van der Waals surface area contributed by atoms with Crippen LogP contribution in [0.5, 0.6) is 11.5 Å². The van der Waals surface area contributed by atoms with Crippen LogP contribution in [0.4, 0.5) is 5.69 Å². The smallest absolute Gasteiger partial charge is 0.305 e. The Balaban J connectivity index is 2.46. The minimum absolute atomic E-state index is 0.0654. The normalized spacial score (nSPS) is 11.0. The molecule has 0 aromatic heterocycles. The fourth-order valence-electron chi connectivity index (χ4n) is 3.84. The fourth-order valence-corrected chi connectivity index (χ4v) is 3.84. The summed E-state index contributed by atoms with van der Waals surface area (Å²) in [7, 11) is 3.24. The Kier molecular flexibility index (Phi) is 9.94. The second-order valence-corrected chi connectivity index (χ2v) is 8.57. The molecule has 0 aliphatic carbocycles. The van der Waals surface area contributed by atoms with Crippen molar-refractivity contribution in [3.63, 3.8) is 0 Å². The van der Waals surface area contributed by atoms with E-state index in [-0.39, 0.29) is 18.9 Å². The summed E-state index contributed by atoms with van der Waals surface area (Å²) in [4.78, 5) is 23.2. The second kappa shape index (κ2) is 12.6. The molecule has 0 spiro atoms. The van der Waals surface area contributed by atoms with Gasteiger partial charge in [0, 0.05) is 46.6 Å². The number of carbonyl (C=O) groups is 2. The molecule has 35 heavy (non-hydrogen) atoms. The van der Waals surface area contributed by atoms with Crippen LogP contribution in [0.3, 0.4) is 0 Å². The molecule has 0 unspecified atom stereocenters. The molecule has 7 nitrogen and oxygen atoms in total. The van der Waals surface area contributed by atoms with Crippen molar-refractivity contribution in [2.75, 3.05) is 32.6 Å². The Hall–Kier alpha value is -3.74. The van der Waals surface area contributed by atoms with E-state index in [9.17, 15) is 9.59 Å². The lowest BCUT2D eigenvalue weighted by molar-refractivity contribution is -0.136. The summed E-state index contributed by atoms with van der Waals surface area (Å²) in [6, 6.07) is 8.17. The molecule has 0 bridgehead atoms. The Morgan fingerprint density at radius 2 is 1.60 bits per heavy atom. The first-order chi connectivity index (χ1) is 16.6. The number of allylic oxidation sites excluding steroid dienone is 1. The van der Waals surface area contributed by atoms with Crippen LogP contribution in [-0.2, 0) is 9.59 Å². The molecular weight excluding hydrogens is 444 g/mol. The summed E-state index contributed by atoms with van der Waals surface area (Å²) in [5, 5.41) is 14.8. The molecule has 0 aliphatic rings. The lowest BCUT2D eigenvalue weighted by Gasteiger charge is -2.21. The van der Waals surface area contributed by atoms with Crippen LogP contribution in [0, 0.1) is 13.8 Å². The lowest BCUT2D eigenvalue weighted by atomic mass is 9.91. The molecule has 188 valence electrons. The molecule has 0 saturated heterocycles. The summed E-state index contributed by atoms with van der Waals surface area (Å²) >= 11 is 0. The van der Waals surface area contributed by atoms with E-state index in [0.29, 0.717) is 17.1 Å². The van der Waals surface area contributed by atoms with Crippen molar-refractivity contribution in [3.05, 3.63) is 58.2 Å². The number of ether oxygens (including phenoxy) is 2. The summed E-state index contributed by atoms with van der Waals surface area (Å²) in [6.45, 7) is 10.6. The zero-order chi connectivity index (χ0) is 26.1. The molecule has 2 aromatic carbocycles. The number of aliphatic carboxylic acids is 1. The Labute approximate surface area is 207 Å². The number of nitrogens with one attached hydrogen (secondary N) is 2. The van der Waals surface area contributed by atoms with Crippen molar-refractivity contribution in [1.82, 2.24) is 5.32 Å².